The van der Waals surface area contributed by atoms with Gasteiger partial charge in [0, 0.05) is 13.7 Å². The molecule has 1 aliphatic rings. The molecule has 0 aliphatic heterocycles. The fraction of sp³-hybridized carbons (Fsp3) is 0.923. The van der Waals surface area contributed by atoms with E-state index in [0.29, 0.717) is 19.1 Å². The third-order valence-corrected chi connectivity index (χ3v) is 6.53. The van der Waals surface area contributed by atoms with Crippen molar-refractivity contribution < 1.29 is 23.8 Å². The summed E-state index contributed by atoms with van der Waals surface area (Å²) in [6, 6.07) is 0. The van der Waals surface area contributed by atoms with E-state index < -0.39 is 0 Å². The number of rotatable bonds is 18. The Balaban J connectivity index is 2.21. The number of carbonyl (C=O) groups excluding carboxylic acids is 2. The van der Waals surface area contributed by atoms with E-state index in [1.54, 1.807) is 7.11 Å². The van der Waals surface area contributed by atoms with Crippen LogP contribution in [-0.2, 0) is 23.8 Å². The quantitative estimate of drug-likeness (QED) is 0.180. The van der Waals surface area contributed by atoms with Gasteiger partial charge in [0.05, 0.1) is 25.0 Å². The summed E-state index contributed by atoms with van der Waals surface area (Å²) in [5.41, 5.74) is 0. The molecule has 5 nitrogen and oxygen atoms in total. The first-order valence-corrected chi connectivity index (χ1v) is 12.9. The van der Waals surface area contributed by atoms with Gasteiger partial charge in [0.15, 0.2) is 0 Å². The Hall–Kier alpha value is -1.10. The van der Waals surface area contributed by atoms with E-state index in [1.807, 2.05) is 0 Å². The van der Waals surface area contributed by atoms with Crippen molar-refractivity contribution in [1.29, 1.82) is 0 Å². The molecule has 31 heavy (non-hydrogen) atoms. The second kappa shape index (κ2) is 18.5. The molecule has 3 unspecified atom stereocenters. The third-order valence-electron chi connectivity index (χ3n) is 6.53. The van der Waals surface area contributed by atoms with Crippen LogP contribution in [0.5, 0.6) is 0 Å². The molecule has 0 aromatic rings. The van der Waals surface area contributed by atoms with E-state index in [-0.39, 0.29) is 23.8 Å². The van der Waals surface area contributed by atoms with E-state index in [2.05, 4.69) is 13.8 Å². The van der Waals surface area contributed by atoms with E-state index >= 15 is 0 Å². The summed E-state index contributed by atoms with van der Waals surface area (Å²) in [5, 5.41) is 0. The first-order chi connectivity index (χ1) is 15.1. The van der Waals surface area contributed by atoms with Crippen LogP contribution in [0.4, 0.5) is 0 Å². The van der Waals surface area contributed by atoms with Crippen molar-refractivity contribution in [2.45, 2.75) is 110 Å². The van der Waals surface area contributed by atoms with Gasteiger partial charge in [0.25, 0.3) is 0 Å². The highest BCUT2D eigenvalue weighted by molar-refractivity contribution is 5.82. The summed E-state index contributed by atoms with van der Waals surface area (Å²) < 4.78 is 16.2. The first-order valence-electron chi connectivity index (χ1n) is 12.9. The molecule has 182 valence electrons. The van der Waals surface area contributed by atoms with E-state index in [0.717, 1.165) is 58.0 Å². The number of hydrogen-bond acceptors (Lipinski definition) is 5. The molecule has 5 heteroatoms. The van der Waals surface area contributed by atoms with Gasteiger partial charge in [0.1, 0.15) is 0 Å². The minimum Gasteiger partial charge on any atom is -0.465 e. The lowest BCUT2D eigenvalue weighted by Crippen LogP contribution is -2.35. The standard InChI is InChI=1S/C26H48O5/c1-4-5-6-7-8-9-10-11-14-19-30-25(27)23-15-12-13-16-24(23)26(28)31-21-18-22(2)17-20-29-3/h22-24H,4-21H2,1-3H3. The van der Waals surface area contributed by atoms with E-state index in [9.17, 15) is 9.59 Å². The number of ether oxygens (including phenoxy) is 3. The Morgan fingerprint density at radius 1 is 0.742 bits per heavy atom. The molecule has 1 aliphatic carbocycles. The van der Waals surface area contributed by atoms with Gasteiger partial charge in [-0.15, -0.1) is 0 Å². The topological polar surface area (TPSA) is 61.8 Å². The van der Waals surface area contributed by atoms with Crippen molar-refractivity contribution in [1.82, 2.24) is 0 Å². The van der Waals surface area contributed by atoms with Crippen LogP contribution in [0.2, 0.25) is 0 Å². The summed E-state index contributed by atoms with van der Waals surface area (Å²) in [6.07, 6.45) is 16.4. The highest BCUT2D eigenvalue weighted by atomic mass is 16.5. The SMILES string of the molecule is CCCCCCCCCCCOC(=O)C1CCCCC1C(=O)OCCC(C)CCOC. The van der Waals surface area contributed by atoms with Crippen molar-refractivity contribution in [2.75, 3.05) is 26.9 Å². The first kappa shape index (κ1) is 27.9. The predicted molar refractivity (Wildman–Crippen MR) is 125 cm³/mol. The molecule has 1 saturated carbocycles. The van der Waals surface area contributed by atoms with Gasteiger partial charge in [-0.05, 0) is 38.0 Å². The van der Waals surface area contributed by atoms with Crippen LogP contribution in [0.1, 0.15) is 110 Å². The van der Waals surface area contributed by atoms with Gasteiger partial charge >= 0.3 is 11.9 Å². The maximum Gasteiger partial charge on any atom is 0.309 e. The maximum absolute atomic E-state index is 12.6. The largest absolute Gasteiger partial charge is 0.465 e. The van der Waals surface area contributed by atoms with Crippen LogP contribution < -0.4 is 0 Å². The van der Waals surface area contributed by atoms with Crippen LogP contribution in [0.15, 0.2) is 0 Å². The summed E-state index contributed by atoms with van der Waals surface area (Å²) >= 11 is 0. The highest BCUT2D eigenvalue weighted by Crippen LogP contribution is 2.32. The molecule has 0 bridgehead atoms. The monoisotopic (exact) mass is 440 g/mol. The molecule has 0 aromatic heterocycles. The Morgan fingerprint density at radius 3 is 1.77 bits per heavy atom. The second-order valence-electron chi connectivity index (χ2n) is 9.34. The summed E-state index contributed by atoms with van der Waals surface area (Å²) in [7, 11) is 1.70. The second-order valence-corrected chi connectivity index (χ2v) is 9.34. The average Bonchev–Trinajstić information content (AvgIpc) is 2.78. The maximum atomic E-state index is 12.6. The number of esters is 2. The van der Waals surface area contributed by atoms with Crippen molar-refractivity contribution in [2.24, 2.45) is 17.8 Å². The van der Waals surface area contributed by atoms with Crippen LogP contribution in [0.25, 0.3) is 0 Å². The third kappa shape index (κ3) is 13.1. The lowest BCUT2D eigenvalue weighted by molar-refractivity contribution is -0.163. The lowest BCUT2D eigenvalue weighted by Gasteiger charge is -2.28. The number of hydrogen-bond donors (Lipinski definition) is 0. The lowest BCUT2D eigenvalue weighted by atomic mass is 9.79. The molecule has 0 heterocycles. The van der Waals surface area contributed by atoms with E-state index in [1.165, 1.54) is 44.9 Å². The van der Waals surface area contributed by atoms with Crippen LogP contribution in [0.3, 0.4) is 0 Å². The Labute approximate surface area is 191 Å². The van der Waals surface area contributed by atoms with Crippen LogP contribution in [0, 0.1) is 17.8 Å². The number of unbranched alkanes of at least 4 members (excludes halogenated alkanes) is 8. The molecule has 0 saturated heterocycles. The van der Waals surface area contributed by atoms with Gasteiger partial charge in [-0.1, -0.05) is 78.1 Å². The Morgan fingerprint density at radius 2 is 1.23 bits per heavy atom. The van der Waals surface area contributed by atoms with Gasteiger partial charge in [-0.3, -0.25) is 9.59 Å². The Bertz CT molecular complexity index is 465. The normalized spacial score (nSPS) is 19.7. The van der Waals surface area contributed by atoms with E-state index in [4.69, 9.17) is 14.2 Å². The van der Waals surface area contributed by atoms with Gasteiger partial charge in [-0.2, -0.15) is 0 Å². The molecule has 1 rings (SSSR count). The molecule has 0 amide bonds. The summed E-state index contributed by atoms with van der Waals surface area (Å²) in [6.45, 7) is 6.00. The van der Waals surface area contributed by atoms with Gasteiger partial charge in [0.2, 0.25) is 0 Å². The summed E-state index contributed by atoms with van der Waals surface area (Å²) in [5.74, 6) is -0.626. The predicted octanol–water partition coefficient (Wildman–Crippen LogP) is 6.47. The molecule has 1 fully saturated rings. The van der Waals surface area contributed by atoms with Crippen molar-refractivity contribution in [3.8, 4) is 0 Å². The van der Waals surface area contributed by atoms with Crippen LogP contribution >= 0.6 is 0 Å². The van der Waals surface area contributed by atoms with Crippen molar-refractivity contribution in [3.05, 3.63) is 0 Å². The van der Waals surface area contributed by atoms with Gasteiger partial charge < -0.3 is 14.2 Å². The number of methoxy groups -OCH3 is 1. The molecule has 3 atom stereocenters. The zero-order valence-electron chi connectivity index (χ0n) is 20.5. The zero-order valence-corrected chi connectivity index (χ0v) is 20.5. The Kier molecular flexibility index (Phi) is 16.6. The molecular weight excluding hydrogens is 392 g/mol. The molecule has 0 radical (unpaired) electrons. The number of carbonyl (C=O) groups is 2. The van der Waals surface area contributed by atoms with Gasteiger partial charge in [-0.25, -0.2) is 0 Å². The smallest absolute Gasteiger partial charge is 0.309 e. The average molecular weight is 441 g/mol. The zero-order chi connectivity index (χ0) is 22.7. The van der Waals surface area contributed by atoms with Crippen molar-refractivity contribution >= 4 is 11.9 Å². The minimum absolute atomic E-state index is 0.199. The van der Waals surface area contributed by atoms with Crippen LogP contribution in [-0.4, -0.2) is 38.9 Å². The fourth-order valence-electron chi connectivity index (χ4n) is 4.32. The van der Waals surface area contributed by atoms with Crippen molar-refractivity contribution in [3.63, 3.8) is 0 Å². The summed E-state index contributed by atoms with van der Waals surface area (Å²) in [4.78, 5) is 25.2. The minimum atomic E-state index is -0.335. The molecule has 0 aromatic carbocycles. The molecular formula is C26H48O5. The molecule has 0 spiro atoms. The fourth-order valence-corrected chi connectivity index (χ4v) is 4.32. The highest BCUT2D eigenvalue weighted by Gasteiger charge is 2.37. The molecule has 0 N–H and O–H groups in total.